The third kappa shape index (κ3) is 2.16. The average Bonchev–Trinajstić information content (AvgIpc) is 2.77. The first-order valence-electron chi connectivity index (χ1n) is 8.49. The summed E-state index contributed by atoms with van der Waals surface area (Å²) >= 11 is 2.39. The summed E-state index contributed by atoms with van der Waals surface area (Å²) in [7, 11) is 0. The maximum absolute atomic E-state index is 10.7. The lowest BCUT2D eigenvalue weighted by Gasteiger charge is -2.51. The summed E-state index contributed by atoms with van der Waals surface area (Å²) in [6, 6.07) is 8.24. The summed E-state index contributed by atoms with van der Waals surface area (Å²) in [4.78, 5) is 0. The Hall–Kier alpha value is -0.800. The highest BCUT2D eigenvalue weighted by atomic mass is 125. The molecule has 4 rings (SSSR count). The molecule has 2 N–H and O–H groups in total. The van der Waals surface area contributed by atoms with Crippen molar-refractivity contribution in [3.63, 3.8) is 0 Å². The van der Waals surface area contributed by atoms with Crippen LogP contribution in [0.15, 0.2) is 18.2 Å². The van der Waals surface area contributed by atoms with Crippen molar-refractivity contribution in [3.05, 3.63) is 29.3 Å². The molecule has 0 spiro atoms. The molecule has 0 unspecified atom stereocenters. The van der Waals surface area contributed by atoms with E-state index in [0.717, 1.165) is 31.2 Å². The fourth-order valence-corrected chi connectivity index (χ4v) is 7.07. The summed E-state index contributed by atoms with van der Waals surface area (Å²) in [5.74, 6) is 1.45. The first kappa shape index (κ1) is 15.7. The zero-order valence-electron chi connectivity index (χ0n) is 13.2. The number of nitriles is 1. The molecule has 3 aliphatic rings. The molecule has 1 aromatic rings. The van der Waals surface area contributed by atoms with Gasteiger partial charge >= 0.3 is 0 Å². The number of aromatic hydroxyl groups is 1. The minimum Gasteiger partial charge on any atom is -0.508 e. The van der Waals surface area contributed by atoms with E-state index in [-0.39, 0.29) is 17.4 Å². The van der Waals surface area contributed by atoms with E-state index in [1.165, 1.54) is 5.56 Å². The van der Waals surface area contributed by atoms with Gasteiger partial charge in [0.05, 0.1) is 18.1 Å². The van der Waals surface area contributed by atoms with Gasteiger partial charge in [-0.05, 0) is 72.1 Å². The maximum atomic E-state index is 10.7. The van der Waals surface area contributed by atoms with Crippen molar-refractivity contribution in [1.82, 2.24) is 0 Å². The molecule has 0 bridgehead atoms. The van der Waals surface area contributed by atoms with E-state index in [0.29, 0.717) is 27.4 Å². The number of alkyl halides is 1. The topological polar surface area (TPSA) is 64.2 Å². The van der Waals surface area contributed by atoms with Crippen LogP contribution in [0.3, 0.4) is 0 Å². The molecular weight excluding hydrogens is 399 g/mol. The van der Waals surface area contributed by atoms with Gasteiger partial charge < -0.3 is 10.2 Å². The number of hydrogen-bond donors (Lipinski definition) is 2. The van der Waals surface area contributed by atoms with Crippen LogP contribution in [-0.2, 0) is 6.42 Å². The van der Waals surface area contributed by atoms with Crippen molar-refractivity contribution in [2.45, 2.75) is 48.6 Å². The van der Waals surface area contributed by atoms with Crippen LogP contribution in [0, 0.1) is 34.5 Å². The molecule has 3 nitrogen and oxygen atoms in total. The number of benzene rings is 1. The van der Waals surface area contributed by atoms with Gasteiger partial charge in [-0.15, -0.1) is 0 Å². The Bertz CT molecular complexity index is 684. The van der Waals surface area contributed by atoms with E-state index in [1.807, 2.05) is 6.07 Å². The zero-order chi connectivity index (χ0) is 16.4. The zero-order valence-corrected chi connectivity index (χ0v) is 15.4. The summed E-state index contributed by atoms with van der Waals surface area (Å²) in [5, 5.41) is 30.3. The second-order valence-electron chi connectivity index (χ2n) is 7.85. The Labute approximate surface area is 150 Å². The molecule has 0 heterocycles. The van der Waals surface area contributed by atoms with Crippen LogP contribution in [-0.4, -0.2) is 20.2 Å². The first-order chi connectivity index (χ1) is 11.0. The number of hydrogen-bond acceptors (Lipinski definition) is 3. The highest BCUT2D eigenvalue weighted by Crippen LogP contribution is 2.63. The molecule has 0 aliphatic heterocycles. The van der Waals surface area contributed by atoms with E-state index in [1.54, 1.807) is 6.07 Å². The highest BCUT2D eigenvalue weighted by Gasteiger charge is 2.59. The van der Waals surface area contributed by atoms with Gasteiger partial charge in [0.25, 0.3) is 0 Å². The number of phenols is 1. The number of aliphatic hydroxyl groups excluding tert-OH is 1. The molecule has 23 heavy (non-hydrogen) atoms. The van der Waals surface area contributed by atoms with Gasteiger partial charge in [-0.3, -0.25) is 0 Å². The van der Waals surface area contributed by atoms with Crippen LogP contribution in [0.25, 0.3) is 0 Å². The van der Waals surface area contributed by atoms with E-state index in [9.17, 15) is 15.5 Å². The third-order valence-electron chi connectivity index (χ3n) is 6.86. The van der Waals surface area contributed by atoms with Crippen molar-refractivity contribution in [3.8, 4) is 11.8 Å². The predicted molar refractivity (Wildman–Crippen MR) is 96.4 cm³/mol. The van der Waals surface area contributed by atoms with E-state index >= 15 is 0 Å². The lowest BCUT2D eigenvalue weighted by molar-refractivity contribution is -0.0296. The quantitative estimate of drug-likeness (QED) is 0.495. The predicted octanol–water partition coefficient (Wildman–Crippen LogP) is 3.77. The molecule has 1 aromatic carbocycles. The first-order valence-corrected chi connectivity index (χ1v) is 9.74. The van der Waals surface area contributed by atoms with Gasteiger partial charge in [0.15, 0.2) is 0 Å². The Kier molecular flexibility index (Phi) is 3.66. The highest BCUT2D eigenvalue weighted by molar-refractivity contribution is 14.1. The molecule has 0 amide bonds. The Balaban J connectivity index is 1.79. The SMILES string of the molecule is C[C@]12CC[C@@H]3c4ccc(O)cc4C[C@@H](C#N)[C@H]3[C@@H]1C[C@@H]([125I])[C@@H]2O. The Morgan fingerprint density at radius 3 is 2.91 bits per heavy atom. The lowest BCUT2D eigenvalue weighted by atomic mass is 9.53. The fraction of sp³-hybridized carbons (Fsp3) is 0.632. The number of aliphatic hydroxyl groups is 1. The van der Waals surface area contributed by atoms with Crippen LogP contribution in [0.5, 0.6) is 5.75 Å². The Morgan fingerprint density at radius 2 is 2.17 bits per heavy atom. The van der Waals surface area contributed by atoms with Gasteiger partial charge in [-0.1, -0.05) is 35.6 Å². The van der Waals surface area contributed by atoms with Crippen molar-refractivity contribution < 1.29 is 10.2 Å². The van der Waals surface area contributed by atoms with Crippen LogP contribution in [0.4, 0.5) is 0 Å². The van der Waals surface area contributed by atoms with Gasteiger partial charge in [-0.2, -0.15) is 5.26 Å². The molecule has 3 aliphatic carbocycles. The molecule has 122 valence electrons. The number of halogens is 1. The van der Waals surface area contributed by atoms with Crippen LogP contribution >= 0.6 is 22.6 Å². The van der Waals surface area contributed by atoms with Crippen molar-refractivity contribution in [2.24, 2.45) is 23.2 Å². The summed E-state index contributed by atoms with van der Waals surface area (Å²) in [6.07, 6.45) is 3.56. The molecule has 4 heteroatoms. The second kappa shape index (κ2) is 5.35. The molecule has 0 aromatic heterocycles. The van der Waals surface area contributed by atoms with Gasteiger partial charge in [0.1, 0.15) is 5.75 Å². The van der Waals surface area contributed by atoms with Crippen molar-refractivity contribution in [2.75, 3.05) is 0 Å². The van der Waals surface area contributed by atoms with E-state index < -0.39 is 0 Å². The minimum atomic E-state index is -0.255. The van der Waals surface area contributed by atoms with E-state index in [2.05, 4.69) is 41.7 Å². The van der Waals surface area contributed by atoms with E-state index in [4.69, 9.17) is 0 Å². The summed E-state index contributed by atoms with van der Waals surface area (Å²) in [5.41, 5.74) is 2.43. The van der Waals surface area contributed by atoms with Gasteiger partial charge in [0.2, 0.25) is 0 Å². The smallest absolute Gasteiger partial charge is 0.115 e. The monoisotopic (exact) mass is 421 g/mol. The fourth-order valence-electron chi connectivity index (χ4n) is 5.70. The molecule has 2 saturated carbocycles. The maximum Gasteiger partial charge on any atom is 0.115 e. The van der Waals surface area contributed by atoms with Crippen molar-refractivity contribution >= 4 is 22.6 Å². The number of fused-ring (bicyclic) bond motifs is 5. The normalized spacial score (nSPS) is 44.8. The molecule has 7 atom stereocenters. The molecule has 0 saturated heterocycles. The Morgan fingerprint density at radius 1 is 1.39 bits per heavy atom. The van der Waals surface area contributed by atoms with Crippen LogP contribution in [0.2, 0.25) is 0 Å². The lowest BCUT2D eigenvalue weighted by Crippen LogP contribution is -2.47. The summed E-state index contributed by atoms with van der Waals surface area (Å²) < 4.78 is 0.293. The minimum absolute atomic E-state index is 0.00664. The summed E-state index contributed by atoms with van der Waals surface area (Å²) in [6.45, 7) is 2.23. The van der Waals surface area contributed by atoms with Crippen LogP contribution in [0.1, 0.15) is 43.2 Å². The van der Waals surface area contributed by atoms with Crippen LogP contribution < -0.4 is 0 Å². The molecule has 0 radical (unpaired) electrons. The van der Waals surface area contributed by atoms with Crippen molar-refractivity contribution in [1.29, 1.82) is 5.26 Å². The number of rotatable bonds is 0. The third-order valence-corrected chi connectivity index (χ3v) is 8.05. The number of phenolic OH excluding ortho intramolecular Hbond substituents is 1. The number of nitrogens with zero attached hydrogens (tertiary/aromatic N) is 1. The molecular formula is C19H22INO2. The standard InChI is InChI=1S/C19H22INO2/c1-19-5-4-14-13-3-2-12(22)7-10(13)6-11(9-21)17(14)15(19)8-16(20)18(19)23/h2-3,7,11,14-18,22-23H,4-6,8H2,1H3/t11-,14+,15-,16+,17+,18-,19-/m0/s1/i20-2. The average molecular weight is 421 g/mol. The largest absolute Gasteiger partial charge is 0.508 e. The van der Waals surface area contributed by atoms with Gasteiger partial charge in [-0.25, -0.2) is 0 Å². The molecule has 2 fully saturated rings. The van der Waals surface area contributed by atoms with Gasteiger partial charge in [0, 0.05) is 3.92 Å². The second-order valence-corrected chi connectivity index (χ2v) is 9.45.